The average molecular weight is 250 g/mol. The highest BCUT2D eigenvalue weighted by molar-refractivity contribution is 6.34. The van der Waals surface area contributed by atoms with Crippen molar-refractivity contribution in [2.75, 3.05) is 0 Å². The van der Waals surface area contributed by atoms with Crippen LogP contribution in [0.5, 0.6) is 0 Å². The van der Waals surface area contributed by atoms with Crippen molar-refractivity contribution in [2.24, 2.45) is 17.1 Å². The summed E-state index contributed by atoms with van der Waals surface area (Å²) < 4.78 is 5.80. The highest BCUT2D eigenvalue weighted by Gasteiger charge is 2.50. The van der Waals surface area contributed by atoms with E-state index in [0.717, 1.165) is 16.7 Å². The Bertz CT molecular complexity index is 573. The molecule has 2 nitrogen and oxygen atoms in total. The molecule has 0 saturated heterocycles. The fourth-order valence-electron chi connectivity index (χ4n) is 2.53. The number of fused-ring (bicyclic) bond motifs is 1. The standard InChI is InChI=1S/C14H16ClNO/c1-14(2)7-9(14)12(16)11-6-8-4-3-5-10(15)13(8)17-11/h3-6,9,12H,7,16H2,1-2H3. The molecular formula is C14H16ClNO. The first-order chi connectivity index (χ1) is 7.99. The summed E-state index contributed by atoms with van der Waals surface area (Å²) in [5.41, 5.74) is 7.35. The number of rotatable bonds is 2. The molecule has 1 fully saturated rings. The minimum Gasteiger partial charge on any atom is -0.458 e. The maximum absolute atomic E-state index is 6.25. The number of para-hydroxylation sites is 1. The second kappa shape index (κ2) is 3.50. The zero-order chi connectivity index (χ0) is 12.2. The van der Waals surface area contributed by atoms with Crippen molar-refractivity contribution >= 4 is 22.6 Å². The van der Waals surface area contributed by atoms with E-state index >= 15 is 0 Å². The van der Waals surface area contributed by atoms with E-state index in [4.69, 9.17) is 21.8 Å². The third-order valence-corrected chi connectivity index (χ3v) is 4.16. The number of furan rings is 1. The van der Waals surface area contributed by atoms with E-state index in [1.807, 2.05) is 24.3 Å². The minimum atomic E-state index is -0.0199. The van der Waals surface area contributed by atoms with Crippen LogP contribution in [0.25, 0.3) is 11.0 Å². The van der Waals surface area contributed by atoms with E-state index in [9.17, 15) is 0 Å². The Hall–Kier alpha value is -0.990. The van der Waals surface area contributed by atoms with Gasteiger partial charge in [-0.15, -0.1) is 0 Å². The SMILES string of the molecule is CC1(C)CC1C(N)c1cc2cccc(Cl)c2o1. The fraction of sp³-hybridized carbons (Fsp3) is 0.429. The molecule has 1 aliphatic rings. The van der Waals surface area contributed by atoms with Crippen LogP contribution < -0.4 is 5.73 Å². The van der Waals surface area contributed by atoms with Crippen LogP contribution in [0.3, 0.4) is 0 Å². The molecule has 1 aliphatic carbocycles. The number of hydrogen-bond donors (Lipinski definition) is 1. The molecule has 1 heterocycles. The van der Waals surface area contributed by atoms with Gasteiger partial charge >= 0.3 is 0 Å². The molecule has 0 bridgehead atoms. The maximum atomic E-state index is 6.25. The van der Waals surface area contributed by atoms with E-state index in [1.54, 1.807) is 0 Å². The summed E-state index contributed by atoms with van der Waals surface area (Å²) in [6, 6.07) is 7.76. The van der Waals surface area contributed by atoms with E-state index in [0.29, 0.717) is 16.4 Å². The van der Waals surface area contributed by atoms with Crippen LogP contribution in [-0.4, -0.2) is 0 Å². The predicted molar refractivity (Wildman–Crippen MR) is 70.0 cm³/mol. The van der Waals surface area contributed by atoms with Crippen LogP contribution in [0, 0.1) is 11.3 Å². The first-order valence-corrected chi connectivity index (χ1v) is 6.30. The van der Waals surface area contributed by atoms with Crippen LogP contribution in [0.15, 0.2) is 28.7 Å². The van der Waals surface area contributed by atoms with Gasteiger partial charge in [-0.05, 0) is 29.9 Å². The second-order valence-corrected chi connectivity index (χ2v) is 6.04. The van der Waals surface area contributed by atoms with Gasteiger partial charge < -0.3 is 10.2 Å². The molecule has 3 heteroatoms. The molecular weight excluding hydrogens is 234 g/mol. The van der Waals surface area contributed by atoms with Gasteiger partial charge in [0.05, 0.1) is 11.1 Å². The smallest absolute Gasteiger partial charge is 0.152 e. The third kappa shape index (κ3) is 1.76. The molecule has 0 amide bonds. The highest BCUT2D eigenvalue weighted by Crippen LogP contribution is 2.57. The molecule has 90 valence electrons. The molecule has 2 atom stereocenters. The summed E-state index contributed by atoms with van der Waals surface area (Å²) >= 11 is 6.09. The molecule has 2 N–H and O–H groups in total. The van der Waals surface area contributed by atoms with E-state index in [2.05, 4.69) is 13.8 Å². The Morgan fingerprint density at radius 3 is 2.76 bits per heavy atom. The number of hydrogen-bond acceptors (Lipinski definition) is 2. The van der Waals surface area contributed by atoms with Crippen LogP contribution in [-0.2, 0) is 0 Å². The minimum absolute atomic E-state index is 0.0199. The summed E-state index contributed by atoms with van der Waals surface area (Å²) in [6.07, 6.45) is 1.17. The second-order valence-electron chi connectivity index (χ2n) is 5.63. The Balaban J connectivity index is 1.99. The molecule has 0 spiro atoms. The van der Waals surface area contributed by atoms with E-state index < -0.39 is 0 Å². The van der Waals surface area contributed by atoms with Gasteiger partial charge in [-0.2, -0.15) is 0 Å². The third-order valence-electron chi connectivity index (χ3n) is 3.87. The van der Waals surface area contributed by atoms with Crippen LogP contribution >= 0.6 is 11.6 Å². The summed E-state index contributed by atoms with van der Waals surface area (Å²) in [5, 5.41) is 1.68. The fourth-order valence-corrected chi connectivity index (χ4v) is 2.75. The van der Waals surface area contributed by atoms with Crippen LogP contribution in [0.4, 0.5) is 0 Å². The lowest BCUT2D eigenvalue weighted by molar-refractivity contribution is 0.420. The quantitative estimate of drug-likeness (QED) is 0.869. The Morgan fingerprint density at radius 2 is 2.18 bits per heavy atom. The molecule has 1 saturated carbocycles. The molecule has 17 heavy (non-hydrogen) atoms. The van der Waals surface area contributed by atoms with E-state index in [-0.39, 0.29) is 6.04 Å². The zero-order valence-corrected chi connectivity index (χ0v) is 10.8. The summed E-state index contributed by atoms with van der Waals surface area (Å²) in [7, 11) is 0. The summed E-state index contributed by atoms with van der Waals surface area (Å²) in [6.45, 7) is 4.49. The first kappa shape index (κ1) is 11.1. The maximum Gasteiger partial charge on any atom is 0.152 e. The average Bonchev–Trinajstić information content (AvgIpc) is 2.75. The lowest BCUT2D eigenvalue weighted by Gasteiger charge is -2.10. The van der Waals surface area contributed by atoms with Crippen molar-refractivity contribution in [3.8, 4) is 0 Å². The highest BCUT2D eigenvalue weighted by atomic mass is 35.5. The van der Waals surface area contributed by atoms with Gasteiger partial charge in [0.1, 0.15) is 5.76 Å². The van der Waals surface area contributed by atoms with Gasteiger partial charge in [-0.3, -0.25) is 0 Å². The predicted octanol–water partition coefficient (Wildman–Crippen LogP) is 4.13. The van der Waals surface area contributed by atoms with Gasteiger partial charge in [-0.1, -0.05) is 37.6 Å². The molecule has 2 aromatic rings. The van der Waals surface area contributed by atoms with Gasteiger partial charge in [0.2, 0.25) is 0 Å². The number of benzene rings is 1. The topological polar surface area (TPSA) is 39.2 Å². The van der Waals surface area contributed by atoms with Crippen molar-refractivity contribution in [1.29, 1.82) is 0 Å². The molecule has 0 radical (unpaired) electrons. The molecule has 1 aromatic heterocycles. The number of halogens is 1. The monoisotopic (exact) mass is 249 g/mol. The molecule has 2 unspecified atom stereocenters. The lowest BCUT2D eigenvalue weighted by atomic mass is 10.0. The molecule has 3 rings (SSSR count). The first-order valence-electron chi connectivity index (χ1n) is 5.92. The van der Waals surface area contributed by atoms with Gasteiger partial charge in [0.25, 0.3) is 0 Å². The molecule has 1 aromatic carbocycles. The Kier molecular flexibility index (Phi) is 2.29. The Morgan fingerprint density at radius 1 is 1.47 bits per heavy atom. The van der Waals surface area contributed by atoms with Crippen molar-refractivity contribution in [1.82, 2.24) is 0 Å². The summed E-state index contributed by atoms with van der Waals surface area (Å²) in [5.74, 6) is 1.37. The van der Waals surface area contributed by atoms with Crippen molar-refractivity contribution < 1.29 is 4.42 Å². The normalized spacial score (nSPS) is 23.9. The van der Waals surface area contributed by atoms with Gasteiger partial charge in [0.15, 0.2) is 5.58 Å². The molecule has 0 aliphatic heterocycles. The summed E-state index contributed by atoms with van der Waals surface area (Å²) in [4.78, 5) is 0. The zero-order valence-electron chi connectivity index (χ0n) is 10.0. The van der Waals surface area contributed by atoms with Crippen molar-refractivity contribution in [3.63, 3.8) is 0 Å². The number of nitrogens with two attached hydrogens (primary N) is 1. The van der Waals surface area contributed by atoms with Gasteiger partial charge in [-0.25, -0.2) is 0 Å². The van der Waals surface area contributed by atoms with Crippen LogP contribution in [0.2, 0.25) is 5.02 Å². The van der Waals surface area contributed by atoms with Crippen molar-refractivity contribution in [2.45, 2.75) is 26.3 Å². The lowest BCUT2D eigenvalue weighted by Crippen LogP contribution is -2.14. The van der Waals surface area contributed by atoms with Crippen LogP contribution in [0.1, 0.15) is 32.1 Å². The van der Waals surface area contributed by atoms with Crippen molar-refractivity contribution in [3.05, 3.63) is 35.0 Å². The van der Waals surface area contributed by atoms with E-state index in [1.165, 1.54) is 6.42 Å². The largest absolute Gasteiger partial charge is 0.458 e. The Labute approximate surface area is 106 Å². The van der Waals surface area contributed by atoms with Gasteiger partial charge in [0, 0.05) is 5.39 Å².